The van der Waals surface area contributed by atoms with Crippen molar-refractivity contribution in [2.75, 3.05) is 18.4 Å². The summed E-state index contributed by atoms with van der Waals surface area (Å²) in [6, 6.07) is 4.71. The Morgan fingerprint density at radius 2 is 2.09 bits per heavy atom. The highest BCUT2D eigenvalue weighted by Gasteiger charge is 2.22. The van der Waals surface area contributed by atoms with E-state index in [0.29, 0.717) is 23.9 Å². The van der Waals surface area contributed by atoms with E-state index >= 15 is 0 Å². The number of rotatable bonds is 5. The lowest BCUT2D eigenvalue weighted by molar-refractivity contribution is -0.117. The number of carbonyl (C=O) groups excluding carboxylic acids is 2. The molecule has 0 aromatic heterocycles. The molecule has 0 radical (unpaired) electrons. The standard InChI is InChI=1S/C16H22ClN3O2/c1-10(11-4-6-19-7-5-11)8-15(21)20-12-2-3-13(16(18)22)14(17)9-12/h2-3,9-11,19H,4-8H2,1H3,(H2,18,22)(H,20,21). The van der Waals surface area contributed by atoms with Crippen molar-refractivity contribution in [3.63, 3.8) is 0 Å². The first kappa shape index (κ1) is 16.8. The summed E-state index contributed by atoms with van der Waals surface area (Å²) in [7, 11) is 0. The van der Waals surface area contributed by atoms with Crippen molar-refractivity contribution in [2.24, 2.45) is 17.6 Å². The van der Waals surface area contributed by atoms with Gasteiger partial charge in [-0.25, -0.2) is 0 Å². The van der Waals surface area contributed by atoms with E-state index < -0.39 is 5.91 Å². The predicted molar refractivity (Wildman–Crippen MR) is 88.0 cm³/mol. The first-order valence-corrected chi connectivity index (χ1v) is 7.95. The Balaban J connectivity index is 1.91. The molecule has 1 aromatic rings. The Bertz CT molecular complexity index is 556. The molecule has 1 aromatic carbocycles. The number of carbonyl (C=O) groups is 2. The van der Waals surface area contributed by atoms with Gasteiger partial charge in [-0.05, 0) is 56.0 Å². The average Bonchev–Trinajstić information content (AvgIpc) is 2.47. The maximum absolute atomic E-state index is 12.1. The van der Waals surface area contributed by atoms with Crippen molar-refractivity contribution in [2.45, 2.75) is 26.2 Å². The minimum atomic E-state index is -0.581. The third-order valence-corrected chi connectivity index (χ3v) is 4.53. The van der Waals surface area contributed by atoms with Crippen molar-refractivity contribution >= 4 is 29.1 Å². The monoisotopic (exact) mass is 323 g/mol. The Hall–Kier alpha value is -1.59. The lowest BCUT2D eigenvalue weighted by Gasteiger charge is -2.27. The Morgan fingerprint density at radius 3 is 2.68 bits per heavy atom. The van der Waals surface area contributed by atoms with E-state index in [1.807, 2.05) is 0 Å². The number of benzene rings is 1. The predicted octanol–water partition coefficient (Wildman–Crippen LogP) is 2.40. The van der Waals surface area contributed by atoms with Gasteiger partial charge >= 0.3 is 0 Å². The SMILES string of the molecule is CC(CC(=O)Nc1ccc(C(N)=O)c(Cl)c1)C1CCNCC1. The van der Waals surface area contributed by atoms with Gasteiger partial charge in [0.05, 0.1) is 10.6 Å². The molecule has 1 heterocycles. The van der Waals surface area contributed by atoms with Crippen molar-refractivity contribution in [3.8, 4) is 0 Å². The van der Waals surface area contributed by atoms with Crippen LogP contribution in [0.5, 0.6) is 0 Å². The summed E-state index contributed by atoms with van der Waals surface area (Å²) in [4.78, 5) is 23.3. The number of nitrogens with two attached hydrogens (primary N) is 1. The van der Waals surface area contributed by atoms with Crippen LogP contribution in [0.3, 0.4) is 0 Å². The second kappa shape index (κ2) is 7.61. The van der Waals surface area contributed by atoms with Gasteiger partial charge in [-0.15, -0.1) is 0 Å². The van der Waals surface area contributed by atoms with E-state index in [-0.39, 0.29) is 16.5 Å². The van der Waals surface area contributed by atoms with Crippen molar-refractivity contribution in [1.29, 1.82) is 0 Å². The molecule has 1 fully saturated rings. The molecule has 1 aliphatic rings. The highest BCUT2D eigenvalue weighted by atomic mass is 35.5. The van der Waals surface area contributed by atoms with Gasteiger partial charge in [0.15, 0.2) is 0 Å². The highest BCUT2D eigenvalue weighted by molar-refractivity contribution is 6.34. The van der Waals surface area contributed by atoms with Gasteiger partial charge in [0.2, 0.25) is 11.8 Å². The quantitative estimate of drug-likeness (QED) is 0.778. The van der Waals surface area contributed by atoms with Crippen LogP contribution in [0, 0.1) is 11.8 Å². The summed E-state index contributed by atoms with van der Waals surface area (Å²) in [6.45, 7) is 4.18. The molecule has 0 saturated carbocycles. The van der Waals surface area contributed by atoms with E-state index in [9.17, 15) is 9.59 Å². The fraction of sp³-hybridized carbons (Fsp3) is 0.500. The molecule has 1 saturated heterocycles. The molecule has 2 rings (SSSR count). The molecule has 0 spiro atoms. The second-order valence-corrected chi connectivity index (χ2v) is 6.28. The van der Waals surface area contributed by atoms with Gasteiger partial charge < -0.3 is 16.4 Å². The smallest absolute Gasteiger partial charge is 0.250 e. The summed E-state index contributed by atoms with van der Waals surface area (Å²) in [5.41, 5.74) is 6.03. The molecule has 22 heavy (non-hydrogen) atoms. The molecule has 0 bridgehead atoms. The van der Waals surface area contributed by atoms with Crippen LogP contribution in [0.15, 0.2) is 18.2 Å². The molecular formula is C16H22ClN3O2. The van der Waals surface area contributed by atoms with Crippen LogP contribution in [0.25, 0.3) is 0 Å². The number of halogens is 1. The van der Waals surface area contributed by atoms with Crippen LogP contribution in [-0.4, -0.2) is 24.9 Å². The number of primary amides is 1. The number of nitrogens with one attached hydrogen (secondary N) is 2. The minimum Gasteiger partial charge on any atom is -0.366 e. The van der Waals surface area contributed by atoms with Crippen LogP contribution in [0.4, 0.5) is 5.69 Å². The van der Waals surface area contributed by atoms with Gasteiger partial charge in [0.1, 0.15) is 0 Å². The van der Waals surface area contributed by atoms with Gasteiger partial charge in [0, 0.05) is 12.1 Å². The summed E-state index contributed by atoms with van der Waals surface area (Å²) in [6.07, 6.45) is 2.72. The average molecular weight is 324 g/mol. The third-order valence-electron chi connectivity index (χ3n) is 4.21. The first-order valence-electron chi connectivity index (χ1n) is 7.57. The molecule has 120 valence electrons. The molecular weight excluding hydrogens is 302 g/mol. The third kappa shape index (κ3) is 4.45. The summed E-state index contributed by atoms with van der Waals surface area (Å²) in [5.74, 6) is 0.326. The Morgan fingerprint density at radius 1 is 1.41 bits per heavy atom. The minimum absolute atomic E-state index is 0.0334. The fourth-order valence-corrected chi connectivity index (χ4v) is 3.15. The molecule has 0 aliphatic carbocycles. The highest BCUT2D eigenvalue weighted by Crippen LogP contribution is 2.25. The van der Waals surface area contributed by atoms with E-state index in [1.54, 1.807) is 12.1 Å². The Labute approximate surface area is 135 Å². The molecule has 5 nitrogen and oxygen atoms in total. The van der Waals surface area contributed by atoms with Crippen molar-refractivity contribution in [3.05, 3.63) is 28.8 Å². The van der Waals surface area contributed by atoms with Crippen LogP contribution in [-0.2, 0) is 4.79 Å². The molecule has 6 heteroatoms. The molecule has 1 aliphatic heterocycles. The lowest BCUT2D eigenvalue weighted by atomic mass is 9.84. The van der Waals surface area contributed by atoms with Crippen LogP contribution >= 0.6 is 11.6 Å². The number of anilines is 1. The molecule has 2 amide bonds. The zero-order chi connectivity index (χ0) is 16.1. The number of amides is 2. The maximum atomic E-state index is 12.1. The number of hydrogen-bond donors (Lipinski definition) is 3. The summed E-state index contributed by atoms with van der Waals surface area (Å²) in [5, 5.41) is 6.41. The van der Waals surface area contributed by atoms with Crippen LogP contribution < -0.4 is 16.4 Å². The Kier molecular flexibility index (Phi) is 5.80. The maximum Gasteiger partial charge on any atom is 0.250 e. The largest absolute Gasteiger partial charge is 0.366 e. The van der Waals surface area contributed by atoms with E-state index in [4.69, 9.17) is 17.3 Å². The van der Waals surface area contributed by atoms with E-state index in [2.05, 4.69) is 17.6 Å². The van der Waals surface area contributed by atoms with Crippen LogP contribution in [0.2, 0.25) is 5.02 Å². The van der Waals surface area contributed by atoms with Gasteiger partial charge in [0.25, 0.3) is 0 Å². The van der Waals surface area contributed by atoms with Gasteiger partial charge in [-0.3, -0.25) is 9.59 Å². The van der Waals surface area contributed by atoms with Crippen molar-refractivity contribution in [1.82, 2.24) is 5.32 Å². The normalized spacial score (nSPS) is 17.0. The van der Waals surface area contributed by atoms with Crippen molar-refractivity contribution < 1.29 is 9.59 Å². The number of piperidine rings is 1. The first-order chi connectivity index (χ1) is 10.5. The fourth-order valence-electron chi connectivity index (χ4n) is 2.88. The zero-order valence-corrected chi connectivity index (χ0v) is 13.5. The van der Waals surface area contributed by atoms with E-state index in [1.165, 1.54) is 6.07 Å². The molecule has 1 unspecified atom stereocenters. The summed E-state index contributed by atoms with van der Waals surface area (Å²) >= 11 is 5.98. The van der Waals surface area contributed by atoms with Crippen LogP contribution in [0.1, 0.15) is 36.5 Å². The van der Waals surface area contributed by atoms with Gasteiger partial charge in [-0.1, -0.05) is 18.5 Å². The lowest BCUT2D eigenvalue weighted by Crippen LogP contribution is -2.32. The zero-order valence-electron chi connectivity index (χ0n) is 12.7. The summed E-state index contributed by atoms with van der Waals surface area (Å²) < 4.78 is 0. The topological polar surface area (TPSA) is 84.2 Å². The van der Waals surface area contributed by atoms with Gasteiger partial charge in [-0.2, -0.15) is 0 Å². The molecule has 1 atom stereocenters. The molecule has 4 N–H and O–H groups in total. The second-order valence-electron chi connectivity index (χ2n) is 5.88. The van der Waals surface area contributed by atoms with E-state index in [0.717, 1.165) is 25.9 Å². The number of hydrogen-bond acceptors (Lipinski definition) is 3.